The first-order chi connectivity index (χ1) is 12.8. The van der Waals surface area contributed by atoms with Crippen LogP contribution in [0.15, 0.2) is 12.1 Å². The van der Waals surface area contributed by atoms with Gasteiger partial charge in [-0.15, -0.1) is 0 Å². The van der Waals surface area contributed by atoms with Crippen molar-refractivity contribution in [2.75, 3.05) is 36.8 Å². The molecule has 156 valence electrons. The van der Waals surface area contributed by atoms with Crippen molar-refractivity contribution in [3.05, 3.63) is 23.3 Å². The second kappa shape index (κ2) is 7.89. The molecule has 2 rings (SSSR count). The molecule has 0 spiro atoms. The first-order valence-corrected chi connectivity index (χ1v) is 9.63. The fourth-order valence-electron chi connectivity index (χ4n) is 2.96. The lowest BCUT2D eigenvalue weighted by Gasteiger charge is -2.37. The molecule has 2 N–H and O–H groups in total. The third-order valence-electron chi connectivity index (χ3n) is 4.33. The summed E-state index contributed by atoms with van der Waals surface area (Å²) in [6, 6.07) is 3.48. The molecule has 0 aromatic heterocycles. The van der Waals surface area contributed by atoms with Crippen LogP contribution in [-0.4, -0.2) is 54.3 Å². The van der Waals surface area contributed by atoms with E-state index in [1.807, 2.05) is 54.5 Å². The van der Waals surface area contributed by atoms with E-state index in [9.17, 15) is 9.59 Å². The fraction of sp³-hybridized carbons (Fsp3) is 0.619. The van der Waals surface area contributed by atoms with Crippen LogP contribution < -0.4 is 10.6 Å². The number of amides is 1. The Morgan fingerprint density at radius 1 is 0.929 bits per heavy atom. The van der Waals surface area contributed by atoms with Gasteiger partial charge in [0.05, 0.1) is 5.56 Å². The van der Waals surface area contributed by atoms with Crippen LogP contribution >= 0.6 is 0 Å². The van der Waals surface area contributed by atoms with Gasteiger partial charge < -0.3 is 25.0 Å². The number of rotatable bonds is 2. The zero-order chi connectivity index (χ0) is 21.3. The van der Waals surface area contributed by atoms with Crippen molar-refractivity contribution in [2.45, 2.75) is 59.7 Å². The van der Waals surface area contributed by atoms with Crippen molar-refractivity contribution in [3.63, 3.8) is 0 Å². The maximum Gasteiger partial charge on any atom is 0.410 e. The van der Waals surface area contributed by atoms with Gasteiger partial charge in [0.25, 0.3) is 0 Å². The molecular weight excluding hydrogens is 358 g/mol. The Morgan fingerprint density at radius 2 is 1.46 bits per heavy atom. The number of carbonyl (C=O) groups is 2. The maximum atomic E-state index is 12.5. The Balaban J connectivity index is 2.14. The highest BCUT2D eigenvalue weighted by atomic mass is 16.6. The summed E-state index contributed by atoms with van der Waals surface area (Å²) in [5, 5.41) is 0. The number of nitrogens with two attached hydrogens (primary N) is 1. The third-order valence-corrected chi connectivity index (χ3v) is 4.33. The van der Waals surface area contributed by atoms with E-state index in [1.54, 1.807) is 11.0 Å². The average molecular weight is 392 g/mol. The molecule has 1 aliphatic heterocycles. The zero-order valence-corrected chi connectivity index (χ0v) is 18.1. The number of carbonyl (C=O) groups excluding carboxylic acids is 2. The van der Waals surface area contributed by atoms with Gasteiger partial charge in [-0.05, 0) is 66.2 Å². The second-order valence-corrected chi connectivity index (χ2v) is 9.17. The van der Waals surface area contributed by atoms with Crippen LogP contribution in [-0.2, 0) is 9.47 Å². The summed E-state index contributed by atoms with van der Waals surface area (Å²) in [7, 11) is 0. The Hall–Kier alpha value is -2.44. The Kier molecular flexibility index (Phi) is 6.16. The van der Waals surface area contributed by atoms with Crippen LogP contribution in [0.1, 0.15) is 57.5 Å². The molecule has 0 aliphatic carbocycles. The minimum atomic E-state index is -0.573. The zero-order valence-electron chi connectivity index (χ0n) is 18.1. The van der Waals surface area contributed by atoms with Gasteiger partial charge in [-0.2, -0.15) is 0 Å². The Morgan fingerprint density at radius 3 is 1.96 bits per heavy atom. The monoisotopic (exact) mass is 391 g/mol. The third kappa shape index (κ3) is 5.78. The summed E-state index contributed by atoms with van der Waals surface area (Å²) in [5.41, 5.74) is 7.86. The largest absolute Gasteiger partial charge is 0.456 e. The maximum absolute atomic E-state index is 12.5. The van der Waals surface area contributed by atoms with Gasteiger partial charge in [-0.1, -0.05) is 0 Å². The van der Waals surface area contributed by atoms with Crippen LogP contribution in [0.25, 0.3) is 0 Å². The lowest BCUT2D eigenvalue weighted by atomic mass is 10.1. The normalized spacial score (nSPS) is 15.4. The molecule has 0 atom stereocenters. The fourth-order valence-corrected chi connectivity index (χ4v) is 2.96. The van der Waals surface area contributed by atoms with E-state index in [-0.39, 0.29) is 6.09 Å². The van der Waals surface area contributed by atoms with E-state index < -0.39 is 17.2 Å². The van der Waals surface area contributed by atoms with Gasteiger partial charge in [-0.3, -0.25) is 0 Å². The predicted molar refractivity (Wildman–Crippen MR) is 111 cm³/mol. The lowest BCUT2D eigenvalue weighted by Crippen LogP contribution is -2.50. The smallest absolute Gasteiger partial charge is 0.410 e. The van der Waals surface area contributed by atoms with Crippen molar-refractivity contribution in [1.29, 1.82) is 0 Å². The van der Waals surface area contributed by atoms with Crippen molar-refractivity contribution in [1.82, 2.24) is 4.90 Å². The highest BCUT2D eigenvalue weighted by Crippen LogP contribution is 2.29. The van der Waals surface area contributed by atoms with E-state index in [0.29, 0.717) is 37.4 Å². The summed E-state index contributed by atoms with van der Waals surface area (Å²) < 4.78 is 10.9. The average Bonchev–Trinajstić information content (AvgIpc) is 2.54. The van der Waals surface area contributed by atoms with Crippen LogP contribution in [0.5, 0.6) is 0 Å². The number of nitrogen functional groups attached to an aromatic ring is 1. The van der Waals surface area contributed by atoms with Crippen molar-refractivity contribution < 1.29 is 19.1 Å². The molecule has 7 heteroatoms. The van der Waals surface area contributed by atoms with Crippen molar-refractivity contribution >= 4 is 23.4 Å². The summed E-state index contributed by atoms with van der Waals surface area (Å²) in [5.74, 6) is -0.396. The van der Waals surface area contributed by atoms with E-state index >= 15 is 0 Å². The summed E-state index contributed by atoms with van der Waals surface area (Å²) in [4.78, 5) is 28.6. The number of esters is 1. The highest BCUT2D eigenvalue weighted by molar-refractivity contribution is 5.93. The van der Waals surface area contributed by atoms with E-state index in [0.717, 1.165) is 11.3 Å². The molecule has 1 saturated heterocycles. The van der Waals surface area contributed by atoms with Gasteiger partial charge in [0.15, 0.2) is 0 Å². The minimum Gasteiger partial charge on any atom is -0.456 e. The van der Waals surface area contributed by atoms with Crippen LogP contribution in [0.4, 0.5) is 16.2 Å². The molecule has 7 nitrogen and oxygen atoms in total. The first kappa shape index (κ1) is 21.9. The molecular formula is C21H33N3O4. The van der Waals surface area contributed by atoms with Gasteiger partial charge in [0.1, 0.15) is 11.2 Å². The molecule has 0 saturated carbocycles. The molecule has 1 amide bonds. The summed E-state index contributed by atoms with van der Waals surface area (Å²) in [6.07, 6.45) is -0.300. The number of hydrogen-bond acceptors (Lipinski definition) is 6. The number of benzene rings is 1. The predicted octanol–water partition coefficient (Wildman–Crippen LogP) is 3.59. The van der Waals surface area contributed by atoms with Crippen LogP contribution in [0.2, 0.25) is 0 Å². The number of nitrogens with zero attached hydrogens (tertiary/aromatic N) is 2. The molecule has 0 bridgehead atoms. The molecule has 28 heavy (non-hydrogen) atoms. The van der Waals surface area contributed by atoms with Crippen molar-refractivity contribution in [2.24, 2.45) is 0 Å². The topological polar surface area (TPSA) is 85.1 Å². The van der Waals surface area contributed by atoms with Crippen LogP contribution in [0.3, 0.4) is 0 Å². The SMILES string of the molecule is Cc1c(N)cc(C(=O)OC(C)(C)C)cc1N1CCN(C(=O)OC(C)(C)C)CC1. The van der Waals surface area contributed by atoms with Crippen molar-refractivity contribution in [3.8, 4) is 0 Å². The van der Waals surface area contributed by atoms with Gasteiger partial charge in [0, 0.05) is 37.6 Å². The molecule has 1 aromatic rings. The van der Waals surface area contributed by atoms with Gasteiger partial charge >= 0.3 is 12.1 Å². The Labute approximate surface area is 167 Å². The summed E-state index contributed by atoms with van der Waals surface area (Å²) in [6.45, 7) is 15.4. The molecule has 0 unspecified atom stereocenters. The molecule has 0 radical (unpaired) electrons. The number of piperazine rings is 1. The van der Waals surface area contributed by atoms with Gasteiger partial charge in [-0.25, -0.2) is 9.59 Å². The minimum absolute atomic E-state index is 0.300. The van der Waals surface area contributed by atoms with E-state index in [2.05, 4.69) is 4.90 Å². The van der Waals surface area contributed by atoms with Gasteiger partial charge in [0.2, 0.25) is 0 Å². The quantitative estimate of drug-likeness (QED) is 0.613. The van der Waals surface area contributed by atoms with E-state index in [4.69, 9.17) is 15.2 Å². The first-order valence-electron chi connectivity index (χ1n) is 9.63. The van der Waals surface area contributed by atoms with Crippen LogP contribution in [0, 0.1) is 6.92 Å². The molecule has 1 fully saturated rings. The number of ether oxygens (including phenoxy) is 2. The molecule has 1 aromatic carbocycles. The van der Waals surface area contributed by atoms with E-state index in [1.165, 1.54) is 0 Å². The number of anilines is 2. The molecule has 1 heterocycles. The molecule has 1 aliphatic rings. The highest BCUT2D eigenvalue weighted by Gasteiger charge is 2.27. The Bertz CT molecular complexity index is 739. The number of hydrogen-bond donors (Lipinski definition) is 1. The second-order valence-electron chi connectivity index (χ2n) is 9.17. The lowest BCUT2D eigenvalue weighted by molar-refractivity contribution is 0.00690. The standard InChI is InChI=1S/C21H33N3O4/c1-14-16(22)12-15(18(25)27-20(2,3)4)13-17(14)23-8-10-24(11-9-23)19(26)28-21(5,6)7/h12-13H,8-11,22H2,1-7H3. The summed E-state index contributed by atoms with van der Waals surface area (Å²) >= 11 is 0.